The number of aliphatic hydroxyl groups is 1. The Labute approximate surface area is 219 Å². The number of carbonyl (C=O) groups is 1. The van der Waals surface area contributed by atoms with Crippen molar-refractivity contribution in [3.63, 3.8) is 0 Å². The first kappa shape index (κ1) is 25.9. The first-order chi connectivity index (χ1) is 17.4. The Morgan fingerprint density at radius 1 is 1.08 bits per heavy atom. The van der Waals surface area contributed by atoms with Gasteiger partial charge in [-0.25, -0.2) is 18.1 Å². The van der Waals surface area contributed by atoms with E-state index in [0.29, 0.717) is 41.1 Å². The van der Waals surface area contributed by atoms with Gasteiger partial charge in [-0.15, -0.1) is 0 Å². The number of carbonyl (C=O) groups excluding carboxylic acids is 1. The van der Waals surface area contributed by atoms with E-state index >= 15 is 0 Å². The minimum atomic E-state index is -3.74. The van der Waals surface area contributed by atoms with Gasteiger partial charge in [-0.3, -0.25) is 4.79 Å². The molecule has 37 heavy (non-hydrogen) atoms. The zero-order chi connectivity index (χ0) is 26.4. The minimum Gasteiger partial charge on any atom is -0.393 e. The largest absolute Gasteiger partial charge is 0.393 e. The van der Waals surface area contributed by atoms with E-state index in [9.17, 15) is 18.3 Å². The molecule has 0 bridgehead atoms. The van der Waals surface area contributed by atoms with E-state index in [1.54, 1.807) is 45.0 Å². The molecule has 2 aliphatic carbocycles. The van der Waals surface area contributed by atoms with Gasteiger partial charge < -0.3 is 20.6 Å². The fourth-order valence-corrected chi connectivity index (χ4v) is 6.60. The molecule has 10 heteroatoms. The Balaban J connectivity index is 1.37. The highest BCUT2D eigenvalue weighted by Gasteiger charge is 2.45. The third-order valence-corrected chi connectivity index (χ3v) is 9.26. The van der Waals surface area contributed by atoms with Crippen molar-refractivity contribution in [3.05, 3.63) is 42.0 Å². The van der Waals surface area contributed by atoms with Gasteiger partial charge >= 0.3 is 0 Å². The molecule has 1 aromatic heterocycles. The molecule has 1 amide bonds. The highest BCUT2D eigenvalue weighted by atomic mass is 32.2. The van der Waals surface area contributed by atoms with Crippen LogP contribution in [0.5, 0.6) is 0 Å². The molecule has 2 aromatic rings. The maximum atomic E-state index is 13.5. The summed E-state index contributed by atoms with van der Waals surface area (Å²) >= 11 is 0. The summed E-state index contributed by atoms with van der Waals surface area (Å²) in [5, 5.41) is 15.9. The maximum Gasteiger partial charge on any atom is 0.259 e. The lowest BCUT2D eigenvalue weighted by atomic mass is 9.89. The Hall–Kier alpha value is -2.69. The van der Waals surface area contributed by atoms with Gasteiger partial charge in [-0.2, -0.15) is 0 Å². The van der Waals surface area contributed by atoms with Crippen molar-refractivity contribution in [2.24, 2.45) is 5.41 Å². The molecule has 9 nitrogen and oxygen atoms in total. The lowest BCUT2D eigenvalue weighted by Gasteiger charge is -2.35. The quantitative estimate of drug-likeness (QED) is 0.433. The molecule has 0 unspecified atom stereocenters. The van der Waals surface area contributed by atoms with E-state index in [1.165, 1.54) is 25.0 Å². The second kappa shape index (κ2) is 9.56. The van der Waals surface area contributed by atoms with E-state index in [4.69, 9.17) is 4.98 Å². The van der Waals surface area contributed by atoms with Crippen LogP contribution in [0, 0.1) is 5.41 Å². The molecular weight excluding hydrogens is 490 g/mol. The number of pyridine rings is 1. The molecule has 2 heterocycles. The van der Waals surface area contributed by atoms with Crippen LogP contribution >= 0.6 is 0 Å². The Morgan fingerprint density at radius 2 is 1.78 bits per heavy atom. The first-order valence-corrected chi connectivity index (χ1v) is 14.6. The van der Waals surface area contributed by atoms with Gasteiger partial charge in [0.15, 0.2) is 0 Å². The number of benzene rings is 1. The summed E-state index contributed by atoms with van der Waals surface area (Å²) in [6.45, 7) is 7.04. The SMILES string of the molecule is CC(C)(C)NS(=O)(=O)c1cccc(NC(=O)c2ccc(NC3CC(O)C3)nc2N2CCC3(CC2)CC3)c1. The van der Waals surface area contributed by atoms with E-state index in [0.717, 1.165) is 25.9 Å². The maximum absolute atomic E-state index is 13.5. The van der Waals surface area contributed by atoms with Gasteiger partial charge in [-0.1, -0.05) is 6.07 Å². The number of piperidine rings is 1. The van der Waals surface area contributed by atoms with Crippen LogP contribution in [0.4, 0.5) is 17.3 Å². The first-order valence-electron chi connectivity index (χ1n) is 13.1. The minimum absolute atomic E-state index is 0.0894. The van der Waals surface area contributed by atoms with E-state index in [-0.39, 0.29) is 22.9 Å². The number of rotatable bonds is 7. The second-order valence-corrected chi connectivity index (χ2v) is 13.5. The van der Waals surface area contributed by atoms with Gasteiger partial charge in [0, 0.05) is 30.4 Å². The summed E-state index contributed by atoms with van der Waals surface area (Å²) in [7, 11) is -3.74. The topological polar surface area (TPSA) is 124 Å². The van der Waals surface area contributed by atoms with Gasteiger partial charge in [0.2, 0.25) is 10.0 Å². The van der Waals surface area contributed by atoms with E-state index < -0.39 is 15.6 Å². The summed E-state index contributed by atoms with van der Waals surface area (Å²) in [5.74, 6) is 0.991. The van der Waals surface area contributed by atoms with Crippen LogP contribution in [0.1, 0.15) is 69.7 Å². The number of anilines is 3. The molecule has 5 rings (SSSR count). The summed E-state index contributed by atoms with van der Waals surface area (Å²) in [4.78, 5) is 20.6. The van der Waals surface area contributed by atoms with Gasteiger partial charge in [0.05, 0.1) is 16.6 Å². The predicted octanol–water partition coefficient (Wildman–Crippen LogP) is 3.73. The molecular formula is C27H37N5O4S. The van der Waals surface area contributed by atoms with Gasteiger partial charge in [0.25, 0.3) is 5.91 Å². The smallest absolute Gasteiger partial charge is 0.259 e. The van der Waals surface area contributed by atoms with Crippen molar-refractivity contribution in [2.75, 3.05) is 28.6 Å². The number of aliphatic hydroxyl groups excluding tert-OH is 1. The van der Waals surface area contributed by atoms with Crippen molar-refractivity contribution < 1.29 is 18.3 Å². The Bertz CT molecular complexity index is 1270. The Kier molecular flexibility index (Phi) is 6.70. The van der Waals surface area contributed by atoms with Crippen LogP contribution in [0.15, 0.2) is 41.3 Å². The normalized spacial score (nSPS) is 22.9. The molecule has 4 N–H and O–H groups in total. The molecule has 1 spiro atoms. The zero-order valence-electron chi connectivity index (χ0n) is 21.8. The monoisotopic (exact) mass is 527 g/mol. The van der Waals surface area contributed by atoms with Crippen LogP contribution < -0.4 is 20.3 Å². The van der Waals surface area contributed by atoms with Crippen molar-refractivity contribution in [2.45, 2.75) is 81.9 Å². The molecule has 1 aromatic carbocycles. The molecule has 1 aliphatic heterocycles. The number of aromatic nitrogens is 1. The number of hydrogen-bond donors (Lipinski definition) is 4. The molecule has 0 atom stereocenters. The van der Waals surface area contributed by atoms with Gasteiger partial charge in [-0.05, 0) is 95.0 Å². The summed E-state index contributed by atoms with van der Waals surface area (Å²) in [5.41, 5.74) is 0.713. The second-order valence-electron chi connectivity index (χ2n) is 11.9. The third-order valence-electron chi connectivity index (χ3n) is 7.51. The number of amides is 1. The molecule has 3 aliphatic rings. The highest BCUT2D eigenvalue weighted by molar-refractivity contribution is 7.89. The fourth-order valence-electron chi connectivity index (χ4n) is 5.13. The number of hydrogen-bond acceptors (Lipinski definition) is 7. The van der Waals surface area contributed by atoms with Crippen LogP contribution in [-0.2, 0) is 10.0 Å². The molecule has 200 valence electrons. The lowest BCUT2D eigenvalue weighted by molar-refractivity contribution is 0.0835. The fraction of sp³-hybridized carbons (Fsp3) is 0.556. The number of nitrogens with zero attached hydrogens (tertiary/aromatic N) is 2. The summed E-state index contributed by atoms with van der Waals surface area (Å²) in [6.07, 6.45) is 5.89. The lowest BCUT2D eigenvalue weighted by Crippen LogP contribution is -2.40. The van der Waals surface area contributed by atoms with Gasteiger partial charge in [0.1, 0.15) is 11.6 Å². The average molecular weight is 528 g/mol. The zero-order valence-corrected chi connectivity index (χ0v) is 22.6. The molecule has 2 saturated carbocycles. The van der Waals surface area contributed by atoms with Crippen LogP contribution in [-0.4, -0.2) is 55.2 Å². The highest BCUT2D eigenvalue weighted by Crippen LogP contribution is 2.54. The third kappa shape index (κ3) is 6.08. The number of sulfonamides is 1. The average Bonchev–Trinajstić information content (AvgIpc) is 3.56. The van der Waals surface area contributed by atoms with Crippen LogP contribution in [0.3, 0.4) is 0 Å². The molecule has 0 radical (unpaired) electrons. The van der Waals surface area contributed by atoms with Crippen molar-refractivity contribution >= 4 is 33.3 Å². The molecule has 1 saturated heterocycles. The van der Waals surface area contributed by atoms with E-state index in [1.807, 2.05) is 0 Å². The predicted molar refractivity (Wildman–Crippen MR) is 144 cm³/mol. The van der Waals surface area contributed by atoms with Crippen molar-refractivity contribution in [1.82, 2.24) is 9.71 Å². The number of nitrogens with one attached hydrogen (secondary N) is 3. The Morgan fingerprint density at radius 3 is 2.41 bits per heavy atom. The standard InChI is InChI=1S/C27H37N5O4S/c1-26(2,3)31-37(35,36)21-6-4-5-18(17-21)29-25(34)22-7-8-23(28-19-15-20(33)16-19)30-24(22)32-13-11-27(9-10-27)12-14-32/h4-8,17,19-20,31,33H,9-16H2,1-3H3,(H,28,30)(H,29,34). The van der Waals surface area contributed by atoms with E-state index in [2.05, 4.69) is 20.3 Å². The van der Waals surface area contributed by atoms with Crippen molar-refractivity contribution in [3.8, 4) is 0 Å². The summed E-state index contributed by atoms with van der Waals surface area (Å²) in [6, 6.07) is 10.0. The van der Waals surface area contributed by atoms with Crippen LogP contribution in [0.2, 0.25) is 0 Å². The molecule has 3 fully saturated rings. The van der Waals surface area contributed by atoms with Crippen LogP contribution in [0.25, 0.3) is 0 Å². The summed E-state index contributed by atoms with van der Waals surface area (Å²) < 4.78 is 28.2. The van der Waals surface area contributed by atoms with Crippen molar-refractivity contribution in [1.29, 1.82) is 0 Å².